The number of methoxy groups -OCH3 is 1. The molecule has 2 unspecified atom stereocenters. The molecule has 0 saturated heterocycles. The molecule has 0 amide bonds. The van der Waals surface area contributed by atoms with Crippen LogP contribution < -0.4 is 10.1 Å². The number of nitrogens with one attached hydrogen (secondary N) is 1. The fourth-order valence-corrected chi connectivity index (χ4v) is 1.99. The Morgan fingerprint density at radius 2 is 1.94 bits per heavy atom. The molecule has 1 aromatic carbocycles. The third-order valence-corrected chi connectivity index (χ3v) is 3.95. The minimum atomic E-state index is 0.440. The van der Waals surface area contributed by atoms with Crippen LogP contribution in [0, 0.1) is 0 Å². The lowest BCUT2D eigenvalue weighted by molar-refractivity contribution is 0.414. The molecule has 3 heteroatoms. The number of rotatable bonds is 7. The van der Waals surface area contributed by atoms with E-state index in [9.17, 15) is 0 Å². The molecular weight excluding hydrogens is 230 g/mol. The number of hydrogen-bond donors (Lipinski definition) is 1. The van der Waals surface area contributed by atoms with Crippen molar-refractivity contribution >= 4 is 11.8 Å². The molecule has 0 fully saturated rings. The lowest BCUT2D eigenvalue weighted by Crippen LogP contribution is -2.27. The standard InChI is InChI=1S/C14H23NOS/c1-5-14(15-10-11(2)17-4)12-6-8-13(16-3)9-7-12/h6-9,11,14-15H,5,10H2,1-4H3. The van der Waals surface area contributed by atoms with Gasteiger partial charge in [0.25, 0.3) is 0 Å². The van der Waals surface area contributed by atoms with Crippen molar-refractivity contribution in [3.8, 4) is 5.75 Å². The van der Waals surface area contributed by atoms with Crippen molar-refractivity contribution in [3.63, 3.8) is 0 Å². The molecule has 0 saturated carbocycles. The van der Waals surface area contributed by atoms with Crippen LogP contribution in [0.2, 0.25) is 0 Å². The van der Waals surface area contributed by atoms with E-state index in [1.54, 1.807) is 7.11 Å². The van der Waals surface area contributed by atoms with Gasteiger partial charge in [-0.1, -0.05) is 26.0 Å². The highest BCUT2D eigenvalue weighted by molar-refractivity contribution is 7.99. The van der Waals surface area contributed by atoms with Gasteiger partial charge in [0.15, 0.2) is 0 Å². The molecule has 0 aliphatic heterocycles. The van der Waals surface area contributed by atoms with Crippen molar-refractivity contribution in [1.29, 1.82) is 0 Å². The van der Waals surface area contributed by atoms with Crippen LogP contribution in [0.3, 0.4) is 0 Å². The molecule has 1 N–H and O–H groups in total. The molecule has 0 aromatic heterocycles. The molecule has 96 valence electrons. The SMILES string of the molecule is CCC(NCC(C)SC)c1ccc(OC)cc1. The molecule has 2 nitrogen and oxygen atoms in total. The Hall–Kier alpha value is -0.670. The van der Waals surface area contributed by atoms with E-state index in [0.29, 0.717) is 11.3 Å². The number of ether oxygens (including phenoxy) is 1. The minimum absolute atomic E-state index is 0.440. The predicted molar refractivity (Wildman–Crippen MR) is 77.0 cm³/mol. The van der Waals surface area contributed by atoms with Gasteiger partial charge >= 0.3 is 0 Å². The van der Waals surface area contributed by atoms with Crippen molar-refractivity contribution < 1.29 is 4.74 Å². The van der Waals surface area contributed by atoms with Crippen LogP contribution in [0.1, 0.15) is 31.9 Å². The van der Waals surface area contributed by atoms with E-state index in [2.05, 4.69) is 37.6 Å². The first-order chi connectivity index (χ1) is 8.21. The second kappa shape index (κ2) is 7.62. The zero-order valence-electron chi connectivity index (χ0n) is 11.2. The first-order valence-corrected chi connectivity index (χ1v) is 7.40. The molecule has 2 atom stereocenters. The highest BCUT2D eigenvalue weighted by atomic mass is 32.2. The van der Waals surface area contributed by atoms with Crippen molar-refractivity contribution in [3.05, 3.63) is 29.8 Å². The van der Waals surface area contributed by atoms with Gasteiger partial charge in [0, 0.05) is 17.8 Å². The first kappa shape index (κ1) is 14.4. The highest BCUT2D eigenvalue weighted by Gasteiger charge is 2.10. The van der Waals surface area contributed by atoms with Crippen LogP contribution in [0.5, 0.6) is 5.75 Å². The summed E-state index contributed by atoms with van der Waals surface area (Å²) in [6.45, 7) is 5.51. The third-order valence-electron chi connectivity index (χ3n) is 2.98. The van der Waals surface area contributed by atoms with E-state index in [-0.39, 0.29) is 0 Å². The van der Waals surface area contributed by atoms with Crippen molar-refractivity contribution in [2.75, 3.05) is 19.9 Å². The van der Waals surface area contributed by atoms with E-state index in [4.69, 9.17) is 4.74 Å². The Morgan fingerprint density at radius 1 is 1.29 bits per heavy atom. The number of benzene rings is 1. The van der Waals surface area contributed by atoms with Gasteiger partial charge in [0.05, 0.1) is 7.11 Å². The van der Waals surface area contributed by atoms with Crippen LogP contribution in [-0.4, -0.2) is 25.2 Å². The summed E-state index contributed by atoms with van der Waals surface area (Å²) in [5.41, 5.74) is 1.33. The van der Waals surface area contributed by atoms with Gasteiger partial charge in [-0.25, -0.2) is 0 Å². The smallest absolute Gasteiger partial charge is 0.118 e. The van der Waals surface area contributed by atoms with Gasteiger partial charge in [0.2, 0.25) is 0 Å². The van der Waals surface area contributed by atoms with Gasteiger partial charge in [0.1, 0.15) is 5.75 Å². The molecule has 0 radical (unpaired) electrons. The van der Waals surface area contributed by atoms with Crippen LogP contribution in [0.4, 0.5) is 0 Å². The van der Waals surface area contributed by atoms with Crippen molar-refractivity contribution in [2.45, 2.75) is 31.6 Å². The summed E-state index contributed by atoms with van der Waals surface area (Å²) in [4.78, 5) is 0. The lowest BCUT2D eigenvalue weighted by atomic mass is 10.0. The molecule has 17 heavy (non-hydrogen) atoms. The normalized spacial score (nSPS) is 14.4. The second-order valence-electron chi connectivity index (χ2n) is 4.19. The summed E-state index contributed by atoms with van der Waals surface area (Å²) in [5, 5.41) is 4.27. The molecule has 0 bridgehead atoms. The highest BCUT2D eigenvalue weighted by Crippen LogP contribution is 2.20. The van der Waals surface area contributed by atoms with Crippen LogP contribution >= 0.6 is 11.8 Å². The summed E-state index contributed by atoms with van der Waals surface area (Å²) in [5.74, 6) is 0.918. The zero-order chi connectivity index (χ0) is 12.7. The Balaban J connectivity index is 2.59. The third kappa shape index (κ3) is 4.60. The maximum atomic E-state index is 5.17. The quantitative estimate of drug-likeness (QED) is 0.804. The van der Waals surface area contributed by atoms with Crippen molar-refractivity contribution in [2.24, 2.45) is 0 Å². The van der Waals surface area contributed by atoms with Gasteiger partial charge in [-0.3, -0.25) is 0 Å². The Bertz CT molecular complexity index is 313. The maximum absolute atomic E-state index is 5.17. The molecule has 1 rings (SSSR count). The molecule has 0 heterocycles. The summed E-state index contributed by atoms with van der Waals surface area (Å²) in [6, 6.07) is 8.78. The second-order valence-corrected chi connectivity index (χ2v) is 5.46. The molecule has 0 aliphatic rings. The predicted octanol–water partition coefficient (Wildman–Crippen LogP) is 3.49. The van der Waals surface area contributed by atoms with E-state index >= 15 is 0 Å². The van der Waals surface area contributed by atoms with Crippen LogP contribution in [0.15, 0.2) is 24.3 Å². The topological polar surface area (TPSA) is 21.3 Å². The number of hydrogen-bond acceptors (Lipinski definition) is 3. The zero-order valence-corrected chi connectivity index (χ0v) is 12.0. The van der Waals surface area contributed by atoms with Crippen LogP contribution in [0.25, 0.3) is 0 Å². The first-order valence-electron chi connectivity index (χ1n) is 6.11. The fraction of sp³-hybridized carbons (Fsp3) is 0.571. The van der Waals surface area contributed by atoms with E-state index < -0.39 is 0 Å². The van der Waals surface area contributed by atoms with Gasteiger partial charge < -0.3 is 10.1 Å². The molecule has 0 spiro atoms. The monoisotopic (exact) mass is 253 g/mol. The summed E-state index contributed by atoms with van der Waals surface area (Å²) >= 11 is 1.90. The Labute approximate surface area is 109 Å². The van der Waals surface area contributed by atoms with Gasteiger partial charge in [-0.2, -0.15) is 11.8 Å². The van der Waals surface area contributed by atoms with Crippen LogP contribution in [-0.2, 0) is 0 Å². The lowest BCUT2D eigenvalue weighted by Gasteiger charge is -2.19. The number of thioether (sulfide) groups is 1. The fourth-order valence-electron chi connectivity index (χ4n) is 1.73. The molecule has 0 aliphatic carbocycles. The van der Waals surface area contributed by atoms with Gasteiger partial charge in [-0.05, 0) is 30.4 Å². The van der Waals surface area contributed by atoms with E-state index in [1.165, 1.54) is 5.56 Å². The average Bonchev–Trinajstić information content (AvgIpc) is 2.39. The summed E-state index contributed by atoms with van der Waals surface area (Å²) in [7, 11) is 1.70. The van der Waals surface area contributed by atoms with E-state index in [0.717, 1.165) is 18.7 Å². The largest absolute Gasteiger partial charge is 0.497 e. The average molecular weight is 253 g/mol. The molecular formula is C14H23NOS. The minimum Gasteiger partial charge on any atom is -0.497 e. The van der Waals surface area contributed by atoms with E-state index in [1.807, 2.05) is 23.9 Å². The Kier molecular flexibility index (Phi) is 6.45. The van der Waals surface area contributed by atoms with Crippen molar-refractivity contribution in [1.82, 2.24) is 5.32 Å². The Morgan fingerprint density at radius 3 is 2.41 bits per heavy atom. The van der Waals surface area contributed by atoms with Gasteiger partial charge in [-0.15, -0.1) is 0 Å². The summed E-state index contributed by atoms with van der Waals surface area (Å²) < 4.78 is 5.17. The summed E-state index contributed by atoms with van der Waals surface area (Å²) in [6.07, 6.45) is 3.26. The maximum Gasteiger partial charge on any atom is 0.118 e. The molecule has 1 aromatic rings.